The maximum absolute atomic E-state index is 12.6. The molecule has 1 spiro atoms. The van der Waals surface area contributed by atoms with Crippen molar-refractivity contribution in [3.8, 4) is 17.2 Å². The van der Waals surface area contributed by atoms with Crippen LogP contribution in [0.25, 0.3) is 11.5 Å². The summed E-state index contributed by atoms with van der Waals surface area (Å²) < 4.78 is 12.0. The number of nitro benzene ring substituents is 1. The zero-order valence-corrected chi connectivity index (χ0v) is 16.7. The molecule has 0 aliphatic carbocycles. The standard InChI is InChI=1S/C22H20N4O5/c27-18-13-22(31-19-4-2-1-3-17(18)19)9-11-25(12-10-22)14-20-23-24-21(30-20)15-5-7-16(8-6-15)26(28)29/h1-8H,9-14H2. The van der Waals surface area contributed by atoms with Gasteiger partial charge in [0.1, 0.15) is 11.4 Å². The fourth-order valence-corrected chi connectivity index (χ4v) is 4.19. The summed E-state index contributed by atoms with van der Waals surface area (Å²) >= 11 is 0. The van der Waals surface area contributed by atoms with Crippen molar-refractivity contribution in [2.45, 2.75) is 31.4 Å². The number of ketones is 1. The Morgan fingerprint density at radius 1 is 1.06 bits per heavy atom. The first kappa shape index (κ1) is 19.4. The molecule has 9 heteroatoms. The topological polar surface area (TPSA) is 112 Å². The summed E-state index contributed by atoms with van der Waals surface area (Å²) in [7, 11) is 0. The maximum Gasteiger partial charge on any atom is 0.269 e. The van der Waals surface area contributed by atoms with E-state index in [2.05, 4.69) is 15.1 Å². The van der Waals surface area contributed by atoms with E-state index in [4.69, 9.17) is 9.15 Å². The van der Waals surface area contributed by atoms with Crippen LogP contribution in [0.15, 0.2) is 52.9 Å². The first-order valence-electron chi connectivity index (χ1n) is 10.1. The van der Waals surface area contributed by atoms with Crippen molar-refractivity contribution in [3.05, 3.63) is 70.1 Å². The fourth-order valence-electron chi connectivity index (χ4n) is 4.19. The van der Waals surface area contributed by atoms with E-state index in [1.165, 1.54) is 12.1 Å². The first-order valence-corrected chi connectivity index (χ1v) is 10.1. The number of piperidine rings is 1. The lowest BCUT2D eigenvalue weighted by atomic mass is 9.82. The molecule has 3 heterocycles. The number of Topliss-reactive ketones (excluding diaryl/α,β-unsaturated/α-hetero) is 1. The Morgan fingerprint density at radius 3 is 2.55 bits per heavy atom. The van der Waals surface area contributed by atoms with E-state index < -0.39 is 10.5 Å². The summed E-state index contributed by atoms with van der Waals surface area (Å²) in [5, 5.41) is 19.0. The molecule has 2 aliphatic rings. The summed E-state index contributed by atoms with van der Waals surface area (Å²) in [6.45, 7) is 2.01. The van der Waals surface area contributed by atoms with Crippen LogP contribution in [-0.2, 0) is 6.54 Å². The van der Waals surface area contributed by atoms with Gasteiger partial charge in [0, 0.05) is 43.6 Å². The Balaban J connectivity index is 1.22. The molecule has 0 N–H and O–H groups in total. The number of para-hydroxylation sites is 1. The molecule has 31 heavy (non-hydrogen) atoms. The molecule has 0 bridgehead atoms. The molecule has 1 aromatic heterocycles. The number of carbonyl (C=O) groups excluding carboxylic acids is 1. The van der Waals surface area contributed by atoms with Crippen molar-refractivity contribution in [1.82, 2.24) is 15.1 Å². The fraction of sp³-hybridized carbons (Fsp3) is 0.318. The quantitative estimate of drug-likeness (QED) is 0.464. The number of ether oxygens (including phenoxy) is 1. The lowest BCUT2D eigenvalue weighted by molar-refractivity contribution is -0.384. The highest BCUT2D eigenvalue weighted by Crippen LogP contribution is 2.39. The van der Waals surface area contributed by atoms with Gasteiger partial charge in [-0.15, -0.1) is 10.2 Å². The van der Waals surface area contributed by atoms with Gasteiger partial charge in [0.05, 0.1) is 23.5 Å². The number of benzene rings is 2. The molecule has 0 atom stereocenters. The van der Waals surface area contributed by atoms with Crippen LogP contribution < -0.4 is 4.74 Å². The third-order valence-electron chi connectivity index (χ3n) is 5.91. The third kappa shape index (κ3) is 3.79. The highest BCUT2D eigenvalue weighted by atomic mass is 16.6. The average molecular weight is 420 g/mol. The second-order valence-corrected chi connectivity index (χ2v) is 7.96. The third-order valence-corrected chi connectivity index (χ3v) is 5.91. The normalized spacial score (nSPS) is 17.9. The molecule has 158 valence electrons. The van der Waals surface area contributed by atoms with Gasteiger partial charge in [-0.25, -0.2) is 0 Å². The Kier molecular flexibility index (Phi) is 4.74. The largest absolute Gasteiger partial charge is 0.486 e. The number of non-ortho nitro benzene ring substituents is 1. The molecule has 5 rings (SSSR count). The van der Waals surface area contributed by atoms with Crippen molar-refractivity contribution in [1.29, 1.82) is 0 Å². The summed E-state index contributed by atoms with van der Waals surface area (Å²) in [6, 6.07) is 13.4. The maximum atomic E-state index is 12.6. The van der Waals surface area contributed by atoms with E-state index in [1.807, 2.05) is 24.3 Å². The number of aromatic nitrogens is 2. The highest BCUT2D eigenvalue weighted by molar-refractivity contribution is 6.00. The van der Waals surface area contributed by atoms with Crippen molar-refractivity contribution >= 4 is 11.5 Å². The second kappa shape index (κ2) is 7.59. The molecule has 2 aliphatic heterocycles. The molecule has 1 fully saturated rings. The van der Waals surface area contributed by atoms with Crippen molar-refractivity contribution in [3.63, 3.8) is 0 Å². The minimum absolute atomic E-state index is 0.0109. The number of hydrogen-bond donors (Lipinski definition) is 0. The van der Waals surface area contributed by atoms with Crippen molar-refractivity contribution < 1.29 is 18.9 Å². The van der Waals surface area contributed by atoms with E-state index in [9.17, 15) is 14.9 Å². The van der Waals surface area contributed by atoms with E-state index in [1.54, 1.807) is 12.1 Å². The number of fused-ring (bicyclic) bond motifs is 1. The first-order chi connectivity index (χ1) is 15.0. The van der Waals surface area contributed by atoms with Crippen LogP contribution in [0.2, 0.25) is 0 Å². The number of nitrogens with zero attached hydrogens (tertiary/aromatic N) is 4. The highest BCUT2D eigenvalue weighted by Gasteiger charge is 2.42. The van der Waals surface area contributed by atoms with Gasteiger partial charge in [0.2, 0.25) is 11.8 Å². The van der Waals surface area contributed by atoms with E-state index >= 15 is 0 Å². The number of hydrogen-bond acceptors (Lipinski definition) is 8. The van der Waals surface area contributed by atoms with Gasteiger partial charge in [0.15, 0.2) is 5.78 Å². The van der Waals surface area contributed by atoms with Gasteiger partial charge in [-0.2, -0.15) is 0 Å². The van der Waals surface area contributed by atoms with Crippen LogP contribution in [0.3, 0.4) is 0 Å². The van der Waals surface area contributed by atoms with Gasteiger partial charge in [0.25, 0.3) is 5.69 Å². The Morgan fingerprint density at radius 2 is 1.81 bits per heavy atom. The smallest absolute Gasteiger partial charge is 0.269 e. The summed E-state index contributed by atoms with van der Waals surface area (Å²) in [5.74, 6) is 1.63. The number of nitro groups is 1. The predicted octanol–water partition coefficient (Wildman–Crippen LogP) is 3.64. The molecular weight excluding hydrogens is 400 g/mol. The Hall–Kier alpha value is -3.59. The SMILES string of the molecule is O=C1CC2(CCN(Cc3nnc(-c4ccc([N+](=O)[O-])cc4)o3)CC2)Oc2ccccc21. The van der Waals surface area contributed by atoms with Gasteiger partial charge >= 0.3 is 0 Å². The Bertz CT molecular complexity index is 1130. The van der Waals surface area contributed by atoms with E-state index in [0.717, 1.165) is 25.9 Å². The van der Waals surface area contributed by atoms with Crippen molar-refractivity contribution in [2.24, 2.45) is 0 Å². The van der Waals surface area contributed by atoms with Crippen LogP contribution in [0.1, 0.15) is 35.5 Å². The second-order valence-electron chi connectivity index (χ2n) is 7.96. The van der Waals surface area contributed by atoms with Crippen LogP contribution in [-0.4, -0.2) is 44.5 Å². The lowest BCUT2D eigenvalue weighted by Gasteiger charge is -2.43. The van der Waals surface area contributed by atoms with Crippen LogP contribution >= 0.6 is 0 Å². The van der Waals surface area contributed by atoms with E-state index in [-0.39, 0.29) is 11.5 Å². The van der Waals surface area contributed by atoms with Gasteiger partial charge < -0.3 is 9.15 Å². The molecule has 1 saturated heterocycles. The van der Waals surface area contributed by atoms with Gasteiger partial charge in [-0.1, -0.05) is 12.1 Å². The van der Waals surface area contributed by atoms with Crippen LogP contribution in [0, 0.1) is 10.1 Å². The van der Waals surface area contributed by atoms with Gasteiger partial charge in [-0.05, 0) is 24.3 Å². The number of rotatable bonds is 4. The summed E-state index contributed by atoms with van der Waals surface area (Å²) in [5.41, 5.74) is 0.868. The average Bonchev–Trinajstić information content (AvgIpc) is 3.24. The minimum Gasteiger partial charge on any atom is -0.486 e. The molecule has 0 unspecified atom stereocenters. The molecule has 0 radical (unpaired) electrons. The molecule has 2 aromatic carbocycles. The summed E-state index contributed by atoms with van der Waals surface area (Å²) in [6.07, 6.45) is 1.90. The number of carbonyl (C=O) groups is 1. The minimum atomic E-state index is -0.450. The zero-order chi connectivity index (χ0) is 21.4. The van der Waals surface area contributed by atoms with Crippen LogP contribution in [0.5, 0.6) is 5.75 Å². The van der Waals surface area contributed by atoms with Gasteiger partial charge in [-0.3, -0.25) is 19.8 Å². The lowest BCUT2D eigenvalue weighted by Crippen LogP contribution is -2.50. The van der Waals surface area contributed by atoms with Crippen molar-refractivity contribution in [2.75, 3.05) is 13.1 Å². The molecule has 9 nitrogen and oxygen atoms in total. The number of likely N-dealkylation sites (tertiary alicyclic amines) is 1. The van der Waals surface area contributed by atoms with Crippen LogP contribution in [0.4, 0.5) is 5.69 Å². The van der Waals surface area contributed by atoms with E-state index in [0.29, 0.717) is 41.6 Å². The summed E-state index contributed by atoms with van der Waals surface area (Å²) in [4.78, 5) is 25.1. The molecule has 0 amide bonds. The zero-order valence-electron chi connectivity index (χ0n) is 16.7. The molecule has 3 aromatic rings. The Labute approximate surface area is 177 Å². The molecular formula is C22H20N4O5. The predicted molar refractivity (Wildman–Crippen MR) is 110 cm³/mol. The monoisotopic (exact) mass is 420 g/mol. The molecule has 0 saturated carbocycles.